The first kappa shape index (κ1) is 12.9. The number of aromatic nitrogens is 1. The van der Waals surface area contributed by atoms with Crippen LogP contribution in [-0.2, 0) is 0 Å². The van der Waals surface area contributed by atoms with Crippen molar-refractivity contribution in [1.29, 1.82) is 5.26 Å². The highest BCUT2D eigenvalue weighted by molar-refractivity contribution is 5.41. The van der Waals surface area contributed by atoms with Crippen molar-refractivity contribution in [2.45, 2.75) is 33.6 Å². The lowest BCUT2D eigenvalue weighted by molar-refractivity contribution is 0.198. The summed E-state index contributed by atoms with van der Waals surface area (Å²) in [5.74, 6) is 1.73. The average Bonchev–Trinajstić information content (AvgIpc) is 2.38. The van der Waals surface area contributed by atoms with Crippen molar-refractivity contribution in [2.75, 3.05) is 18.0 Å². The van der Waals surface area contributed by atoms with Gasteiger partial charge in [0.25, 0.3) is 0 Å². The highest BCUT2D eigenvalue weighted by atomic mass is 15.2. The Bertz CT molecular complexity index is 446. The molecule has 1 saturated heterocycles. The fourth-order valence-corrected chi connectivity index (χ4v) is 2.64. The van der Waals surface area contributed by atoms with Crippen molar-refractivity contribution in [3.8, 4) is 6.07 Å². The smallest absolute Gasteiger partial charge is 0.142 e. The molecule has 0 unspecified atom stereocenters. The van der Waals surface area contributed by atoms with Gasteiger partial charge in [-0.25, -0.2) is 4.98 Å². The van der Waals surface area contributed by atoms with E-state index in [4.69, 9.17) is 5.26 Å². The van der Waals surface area contributed by atoms with Crippen LogP contribution in [0.5, 0.6) is 0 Å². The van der Waals surface area contributed by atoms with Gasteiger partial charge in [-0.1, -0.05) is 26.8 Å². The molecular weight excluding hydrogens is 222 g/mol. The minimum atomic E-state index is 0.397. The molecule has 1 aliphatic rings. The molecule has 1 aromatic rings. The van der Waals surface area contributed by atoms with Crippen LogP contribution in [0.25, 0.3) is 0 Å². The molecule has 3 heteroatoms. The molecule has 0 saturated carbocycles. The summed E-state index contributed by atoms with van der Waals surface area (Å²) in [6, 6.07) is 7.77. The molecule has 0 bridgehead atoms. The monoisotopic (exact) mass is 243 g/mol. The molecule has 96 valence electrons. The lowest BCUT2D eigenvalue weighted by Gasteiger charge is -2.39. The summed E-state index contributed by atoms with van der Waals surface area (Å²) in [7, 11) is 0. The van der Waals surface area contributed by atoms with Crippen LogP contribution < -0.4 is 4.90 Å². The van der Waals surface area contributed by atoms with E-state index in [9.17, 15) is 0 Å². The molecule has 0 aliphatic carbocycles. The van der Waals surface area contributed by atoms with Gasteiger partial charge in [-0.05, 0) is 36.3 Å². The Hall–Kier alpha value is -1.56. The molecule has 3 nitrogen and oxygen atoms in total. The van der Waals surface area contributed by atoms with E-state index in [2.05, 4.69) is 36.7 Å². The van der Waals surface area contributed by atoms with Crippen LogP contribution in [0.2, 0.25) is 0 Å². The molecule has 0 atom stereocenters. The zero-order chi connectivity index (χ0) is 13.2. The van der Waals surface area contributed by atoms with Gasteiger partial charge in [-0.3, -0.25) is 0 Å². The van der Waals surface area contributed by atoms with Gasteiger partial charge in [0.1, 0.15) is 17.6 Å². The molecule has 0 N–H and O–H groups in total. The number of pyridine rings is 1. The number of hydrogen-bond acceptors (Lipinski definition) is 3. The number of hydrogen-bond donors (Lipinski definition) is 0. The summed E-state index contributed by atoms with van der Waals surface area (Å²) in [4.78, 5) is 6.66. The summed E-state index contributed by atoms with van der Waals surface area (Å²) in [5, 5.41) is 8.88. The van der Waals surface area contributed by atoms with Crippen LogP contribution in [0.15, 0.2) is 18.2 Å². The highest BCUT2D eigenvalue weighted by Gasteiger charge is 2.29. The Morgan fingerprint density at radius 3 is 2.50 bits per heavy atom. The highest BCUT2D eigenvalue weighted by Crippen LogP contribution is 2.35. The summed E-state index contributed by atoms with van der Waals surface area (Å²) >= 11 is 0. The Labute approximate surface area is 109 Å². The van der Waals surface area contributed by atoms with Gasteiger partial charge >= 0.3 is 0 Å². The fraction of sp³-hybridized carbons (Fsp3) is 0.600. The van der Waals surface area contributed by atoms with E-state index in [1.165, 1.54) is 12.8 Å². The number of rotatable bonds is 1. The van der Waals surface area contributed by atoms with Crippen LogP contribution in [0.4, 0.5) is 5.82 Å². The lowest BCUT2D eigenvalue weighted by Crippen LogP contribution is -2.38. The number of piperidine rings is 1. The van der Waals surface area contributed by atoms with Crippen LogP contribution >= 0.6 is 0 Å². The van der Waals surface area contributed by atoms with Crippen molar-refractivity contribution in [2.24, 2.45) is 11.3 Å². The summed E-state index contributed by atoms with van der Waals surface area (Å²) in [6.07, 6.45) is 2.42. The van der Waals surface area contributed by atoms with Gasteiger partial charge in [-0.2, -0.15) is 5.26 Å². The Kier molecular flexibility index (Phi) is 3.56. The third-order valence-corrected chi connectivity index (χ3v) is 3.89. The maximum atomic E-state index is 8.88. The van der Waals surface area contributed by atoms with Crippen molar-refractivity contribution in [3.63, 3.8) is 0 Å². The van der Waals surface area contributed by atoms with E-state index >= 15 is 0 Å². The second-order valence-corrected chi connectivity index (χ2v) is 6.12. The second-order valence-electron chi connectivity index (χ2n) is 6.12. The molecule has 1 aromatic heterocycles. The van der Waals surface area contributed by atoms with Gasteiger partial charge in [-0.15, -0.1) is 0 Å². The maximum absolute atomic E-state index is 8.88. The fourth-order valence-electron chi connectivity index (χ4n) is 2.64. The Morgan fingerprint density at radius 1 is 1.28 bits per heavy atom. The van der Waals surface area contributed by atoms with Crippen molar-refractivity contribution < 1.29 is 0 Å². The van der Waals surface area contributed by atoms with E-state index in [1.807, 2.05) is 12.1 Å². The standard InChI is InChI=1S/C15H21N3/c1-15(2,3)12-7-9-18(10-8-12)14-6-4-5-13(11-16)17-14/h4-6,12H,7-10H2,1-3H3. The zero-order valence-electron chi connectivity index (χ0n) is 11.5. The van der Waals surface area contributed by atoms with E-state index in [1.54, 1.807) is 6.07 Å². The first-order chi connectivity index (χ1) is 8.50. The van der Waals surface area contributed by atoms with E-state index in [0.29, 0.717) is 11.1 Å². The molecule has 1 fully saturated rings. The molecule has 0 radical (unpaired) electrons. The summed E-state index contributed by atoms with van der Waals surface area (Å²) < 4.78 is 0. The molecular formula is C15H21N3. The van der Waals surface area contributed by atoms with E-state index < -0.39 is 0 Å². The van der Waals surface area contributed by atoms with Gasteiger partial charge in [0, 0.05) is 13.1 Å². The molecule has 0 aromatic carbocycles. The maximum Gasteiger partial charge on any atom is 0.142 e. The van der Waals surface area contributed by atoms with Crippen molar-refractivity contribution in [3.05, 3.63) is 23.9 Å². The molecule has 18 heavy (non-hydrogen) atoms. The second kappa shape index (κ2) is 4.97. The summed E-state index contributed by atoms with van der Waals surface area (Å²) in [6.45, 7) is 9.05. The minimum absolute atomic E-state index is 0.397. The van der Waals surface area contributed by atoms with Gasteiger partial charge in [0.05, 0.1) is 0 Å². The van der Waals surface area contributed by atoms with Gasteiger partial charge in [0.15, 0.2) is 0 Å². The topological polar surface area (TPSA) is 39.9 Å². The number of nitriles is 1. The predicted molar refractivity (Wildman–Crippen MR) is 73.3 cm³/mol. The number of anilines is 1. The van der Waals surface area contributed by atoms with Crippen molar-refractivity contribution >= 4 is 5.82 Å². The zero-order valence-corrected chi connectivity index (χ0v) is 11.5. The Balaban J connectivity index is 2.04. The first-order valence-electron chi connectivity index (χ1n) is 6.63. The third-order valence-electron chi connectivity index (χ3n) is 3.89. The average molecular weight is 243 g/mol. The molecule has 0 amide bonds. The van der Waals surface area contributed by atoms with E-state index in [-0.39, 0.29) is 0 Å². The van der Waals surface area contributed by atoms with Crippen LogP contribution in [0.3, 0.4) is 0 Å². The normalized spacial score (nSPS) is 17.6. The van der Waals surface area contributed by atoms with Gasteiger partial charge < -0.3 is 4.90 Å². The molecule has 0 spiro atoms. The SMILES string of the molecule is CC(C)(C)C1CCN(c2cccc(C#N)n2)CC1. The summed E-state index contributed by atoms with van der Waals surface area (Å²) in [5.41, 5.74) is 0.902. The minimum Gasteiger partial charge on any atom is -0.357 e. The van der Waals surface area contributed by atoms with E-state index in [0.717, 1.165) is 24.8 Å². The lowest BCUT2D eigenvalue weighted by atomic mass is 9.75. The Morgan fingerprint density at radius 2 is 1.94 bits per heavy atom. The van der Waals surface area contributed by atoms with Crippen molar-refractivity contribution in [1.82, 2.24) is 4.98 Å². The molecule has 1 aliphatic heterocycles. The van der Waals surface area contributed by atoms with Crippen LogP contribution in [0, 0.1) is 22.7 Å². The largest absolute Gasteiger partial charge is 0.357 e. The quantitative estimate of drug-likeness (QED) is 0.760. The first-order valence-corrected chi connectivity index (χ1v) is 6.63. The van der Waals surface area contributed by atoms with Gasteiger partial charge in [0.2, 0.25) is 0 Å². The predicted octanol–water partition coefficient (Wildman–Crippen LogP) is 3.22. The third kappa shape index (κ3) is 2.81. The molecule has 2 rings (SSSR count). The molecule has 2 heterocycles. The number of nitrogens with zero attached hydrogens (tertiary/aromatic N) is 3. The van der Waals surface area contributed by atoms with Crippen LogP contribution in [-0.4, -0.2) is 18.1 Å². The van der Waals surface area contributed by atoms with Crippen LogP contribution in [0.1, 0.15) is 39.3 Å².